The lowest BCUT2D eigenvalue weighted by Gasteiger charge is -2.18. The summed E-state index contributed by atoms with van der Waals surface area (Å²) >= 11 is 13.6. The maximum atomic E-state index is 6.39. The number of halogens is 3. The van der Waals surface area contributed by atoms with Gasteiger partial charge in [0.15, 0.2) is 11.5 Å². The normalized spacial score (nSPS) is 12.1. The molecule has 0 fully saturated rings. The monoisotopic (exact) mass is 432 g/mol. The smallest absolute Gasteiger partial charge is 0.162 e. The molecule has 1 unspecified atom stereocenters. The highest BCUT2D eigenvalue weighted by molar-refractivity contribution is 9.10. The minimum Gasteiger partial charge on any atom is -0.493 e. The maximum Gasteiger partial charge on any atom is 0.162 e. The second kappa shape index (κ2) is 7.03. The third kappa shape index (κ3) is 3.55. The molecule has 2 aromatic carbocycles. The zero-order valence-electron chi connectivity index (χ0n) is 11.9. The van der Waals surface area contributed by atoms with E-state index in [1.54, 1.807) is 20.3 Å². The lowest BCUT2D eigenvalue weighted by Crippen LogP contribution is -1.99. The number of aryl methyl sites for hydroxylation is 1. The molecule has 2 aromatic rings. The van der Waals surface area contributed by atoms with Crippen LogP contribution in [0.15, 0.2) is 34.8 Å². The molecular formula is C16H15Br2ClO2. The molecule has 0 aliphatic heterocycles. The Bertz CT molecular complexity index is 659. The minimum absolute atomic E-state index is 0.0158. The molecule has 21 heavy (non-hydrogen) atoms. The van der Waals surface area contributed by atoms with Gasteiger partial charge in [-0.15, -0.1) is 0 Å². The summed E-state index contributed by atoms with van der Waals surface area (Å²) in [6.07, 6.45) is 0. The van der Waals surface area contributed by atoms with Crippen LogP contribution >= 0.6 is 43.5 Å². The zero-order valence-corrected chi connectivity index (χ0v) is 15.8. The zero-order chi connectivity index (χ0) is 15.6. The van der Waals surface area contributed by atoms with Gasteiger partial charge in [-0.2, -0.15) is 0 Å². The summed E-state index contributed by atoms with van der Waals surface area (Å²) < 4.78 is 11.7. The van der Waals surface area contributed by atoms with E-state index in [9.17, 15) is 0 Å². The van der Waals surface area contributed by atoms with Gasteiger partial charge in [0.1, 0.15) is 0 Å². The first-order chi connectivity index (χ1) is 9.97. The van der Waals surface area contributed by atoms with Gasteiger partial charge < -0.3 is 9.47 Å². The van der Waals surface area contributed by atoms with Crippen LogP contribution < -0.4 is 9.47 Å². The topological polar surface area (TPSA) is 18.5 Å². The molecule has 5 heteroatoms. The van der Waals surface area contributed by atoms with Gasteiger partial charge in [-0.05, 0) is 41.8 Å². The Hall–Kier alpha value is -0.710. The van der Waals surface area contributed by atoms with Crippen molar-refractivity contribution < 1.29 is 9.47 Å². The first-order valence-electron chi connectivity index (χ1n) is 6.29. The molecule has 0 N–H and O–H groups in total. The fourth-order valence-corrected chi connectivity index (χ4v) is 3.92. The average molecular weight is 435 g/mol. The molecule has 0 amide bonds. The Labute approximate surface area is 146 Å². The van der Waals surface area contributed by atoms with E-state index in [4.69, 9.17) is 21.1 Å². The fraction of sp³-hybridized carbons (Fsp3) is 0.250. The van der Waals surface area contributed by atoms with Crippen molar-refractivity contribution in [2.24, 2.45) is 0 Å². The Morgan fingerprint density at radius 1 is 1.00 bits per heavy atom. The Morgan fingerprint density at radius 2 is 1.62 bits per heavy atom. The third-order valence-electron chi connectivity index (χ3n) is 3.28. The molecule has 2 rings (SSSR count). The largest absolute Gasteiger partial charge is 0.493 e. The fourth-order valence-electron chi connectivity index (χ4n) is 2.16. The van der Waals surface area contributed by atoms with Gasteiger partial charge in [-0.25, -0.2) is 0 Å². The van der Waals surface area contributed by atoms with Gasteiger partial charge in [-0.1, -0.05) is 49.5 Å². The number of hydrogen-bond acceptors (Lipinski definition) is 2. The van der Waals surface area contributed by atoms with E-state index in [-0.39, 0.29) is 4.83 Å². The van der Waals surface area contributed by atoms with Crippen LogP contribution in [-0.2, 0) is 0 Å². The standard InChI is InChI=1S/C16H15Br2ClO2/c1-9-6-10(17)4-5-11(9)16(18)12-7-14(20-2)15(21-3)8-13(12)19/h4-8,16H,1-3H3. The van der Waals surface area contributed by atoms with Gasteiger partial charge >= 0.3 is 0 Å². The van der Waals surface area contributed by atoms with Crippen LogP contribution in [0.2, 0.25) is 5.02 Å². The van der Waals surface area contributed by atoms with Crippen LogP contribution in [0.5, 0.6) is 11.5 Å². The van der Waals surface area contributed by atoms with E-state index < -0.39 is 0 Å². The predicted octanol–water partition coefficient (Wildman–Crippen LogP) is 5.91. The lowest BCUT2D eigenvalue weighted by atomic mass is 10.00. The van der Waals surface area contributed by atoms with Crippen molar-refractivity contribution in [3.05, 3.63) is 56.5 Å². The van der Waals surface area contributed by atoms with Crippen LogP contribution in [0.1, 0.15) is 21.5 Å². The van der Waals surface area contributed by atoms with Crippen LogP contribution in [0.25, 0.3) is 0 Å². The number of methoxy groups -OCH3 is 2. The van der Waals surface area contributed by atoms with Gasteiger partial charge in [0, 0.05) is 15.6 Å². The molecule has 0 aromatic heterocycles. The summed E-state index contributed by atoms with van der Waals surface area (Å²) in [5.41, 5.74) is 3.28. The summed E-state index contributed by atoms with van der Waals surface area (Å²) in [6.45, 7) is 2.07. The second-order valence-electron chi connectivity index (χ2n) is 4.59. The molecule has 2 nitrogen and oxygen atoms in total. The molecule has 0 radical (unpaired) electrons. The third-order valence-corrected chi connectivity index (χ3v) is 5.09. The van der Waals surface area contributed by atoms with Crippen molar-refractivity contribution in [3.8, 4) is 11.5 Å². The summed E-state index contributed by atoms with van der Waals surface area (Å²) in [5.74, 6) is 1.29. The number of benzene rings is 2. The second-order valence-corrected chi connectivity index (χ2v) is 6.83. The van der Waals surface area contributed by atoms with Crippen LogP contribution in [0.4, 0.5) is 0 Å². The lowest BCUT2D eigenvalue weighted by molar-refractivity contribution is 0.354. The number of hydrogen-bond donors (Lipinski definition) is 0. The highest BCUT2D eigenvalue weighted by atomic mass is 79.9. The Morgan fingerprint density at radius 3 is 2.19 bits per heavy atom. The average Bonchev–Trinajstić information content (AvgIpc) is 2.46. The molecule has 112 valence electrons. The molecule has 0 heterocycles. The summed E-state index contributed by atoms with van der Waals surface area (Å²) in [7, 11) is 3.21. The van der Waals surface area contributed by atoms with E-state index in [0.29, 0.717) is 16.5 Å². The summed E-state index contributed by atoms with van der Waals surface area (Å²) in [6, 6.07) is 9.86. The molecule has 0 saturated carbocycles. The van der Waals surface area contributed by atoms with Crippen molar-refractivity contribution in [1.82, 2.24) is 0 Å². The predicted molar refractivity (Wildman–Crippen MR) is 94.2 cm³/mol. The number of alkyl halides is 1. The first kappa shape index (κ1) is 16.7. The number of ether oxygens (including phenoxy) is 2. The van der Waals surface area contributed by atoms with Crippen molar-refractivity contribution in [1.29, 1.82) is 0 Å². The van der Waals surface area contributed by atoms with Gasteiger partial charge in [0.2, 0.25) is 0 Å². The van der Waals surface area contributed by atoms with Crippen LogP contribution in [0.3, 0.4) is 0 Å². The summed E-state index contributed by atoms with van der Waals surface area (Å²) in [4.78, 5) is -0.0158. The SMILES string of the molecule is COc1cc(Cl)c(C(Br)c2ccc(Br)cc2C)cc1OC. The van der Waals surface area contributed by atoms with Crippen LogP contribution in [-0.4, -0.2) is 14.2 Å². The van der Waals surface area contributed by atoms with E-state index >= 15 is 0 Å². The van der Waals surface area contributed by atoms with E-state index in [2.05, 4.69) is 50.9 Å². The molecular weight excluding hydrogens is 419 g/mol. The van der Waals surface area contributed by atoms with E-state index in [0.717, 1.165) is 15.6 Å². The van der Waals surface area contributed by atoms with Gasteiger partial charge in [0.05, 0.1) is 19.0 Å². The first-order valence-corrected chi connectivity index (χ1v) is 8.38. The van der Waals surface area contributed by atoms with Gasteiger partial charge in [-0.3, -0.25) is 0 Å². The van der Waals surface area contributed by atoms with Crippen molar-refractivity contribution in [3.63, 3.8) is 0 Å². The highest BCUT2D eigenvalue weighted by Crippen LogP contribution is 2.42. The van der Waals surface area contributed by atoms with E-state index in [1.165, 1.54) is 5.56 Å². The Kier molecular flexibility index (Phi) is 5.58. The molecule has 0 aliphatic carbocycles. The van der Waals surface area contributed by atoms with Crippen molar-refractivity contribution >= 4 is 43.5 Å². The van der Waals surface area contributed by atoms with Crippen molar-refractivity contribution in [2.75, 3.05) is 14.2 Å². The Balaban J connectivity index is 2.50. The summed E-state index contributed by atoms with van der Waals surface area (Å²) in [5, 5.41) is 0.636. The minimum atomic E-state index is -0.0158. The van der Waals surface area contributed by atoms with Gasteiger partial charge in [0.25, 0.3) is 0 Å². The molecule has 0 saturated heterocycles. The van der Waals surface area contributed by atoms with Crippen LogP contribution in [0, 0.1) is 6.92 Å². The molecule has 1 atom stereocenters. The molecule has 0 aliphatic rings. The maximum absolute atomic E-state index is 6.39. The molecule has 0 spiro atoms. The van der Waals surface area contributed by atoms with Crippen molar-refractivity contribution in [2.45, 2.75) is 11.8 Å². The highest BCUT2D eigenvalue weighted by Gasteiger charge is 2.19. The molecule has 0 bridgehead atoms. The quantitative estimate of drug-likeness (QED) is 0.557. The number of rotatable bonds is 4. The van der Waals surface area contributed by atoms with E-state index in [1.807, 2.05) is 12.1 Å².